The molecule has 1 aliphatic heterocycles. The molecule has 1 saturated heterocycles. The number of thiazole rings is 1. The smallest absolute Gasteiger partial charge is 0.407 e. The van der Waals surface area contributed by atoms with Crippen molar-refractivity contribution in [3.63, 3.8) is 0 Å². The number of benzene rings is 1. The average molecular weight is 914 g/mol. The van der Waals surface area contributed by atoms with E-state index in [2.05, 4.69) is 20.9 Å². The van der Waals surface area contributed by atoms with Gasteiger partial charge in [0.2, 0.25) is 23.6 Å². The van der Waals surface area contributed by atoms with Gasteiger partial charge in [-0.25, -0.2) is 9.78 Å². The number of hydrogen-bond donors (Lipinski definition) is 3. The molecule has 0 saturated carbocycles. The molecule has 64 heavy (non-hydrogen) atoms. The number of likely N-dealkylation sites (N-methyl/N-ethyl adjacent to an activating group) is 2. The van der Waals surface area contributed by atoms with E-state index in [-0.39, 0.29) is 66.4 Å². The Morgan fingerprint density at radius 2 is 1.61 bits per heavy atom. The van der Waals surface area contributed by atoms with Crippen molar-refractivity contribution in [1.29, 1.82) is 0 Å². The van der Waals surface area contributed by atoms with E-state index in [1.54, 1.807) is 53.1 Å². The maximum atomic E-state index is 14.6. The van der Waals surface area contributed by atoms with Crippen molar-refractivity contribution in [2.45, 2.75) is 149 Å². The Morgan fingerprint density at radius 3 is 2.16 bits per heavy atom. The largest absolute Gasteiger partial charge is 0.444 e. The summed E-state index contributed by atoms with van der Waals surface area (Å²) in [6.45, 7) is 20.2. The Hall–Kier alpha value is -4.12. The van der Waals surface area contributed by atoms with E-state index in [1.165, 1.54) is 11.3 Å². The lowest BCUT2D eigenvalue weighted by Gasteiger charge is -2.41. The standard InChI is InChI=1S/C48H79N7O8S/c1-15-32(6)41(54(12)46(59)39(30(2)3)52-44(58)40(31(4)5)53(11)26-23-50-47(60)63-48(8,9)10)37(61-13)29-38(56)55-25-19-22-36(55)42(62-14)33(7)43(57)51-35(45-49-24-27-64-45)28-34-20-17-16-18-21-34/h16-18,20-21,24,27,30-33,35-37,39-42H,15,19,22-23,25-26,28-29H2,1-14H3,(H,50,60)(H,51,57)(H,52,58). The van der Waals surface area contributed by atoms with Gasteiger partial charge in [0, 0.05) is 52.5 Å². The SMILES string of the molecule is CCC(C)C(C(CC(=O)N1CCCC1C(OC)C(C)C(=O)NC(Cc1ccccc1)c1nccs1)OC)N(C)C(=O)C(NC(=O)C(C(C)C)N(C)CCNC(=O)OC(C)(C)C)C(C)C. The van der Waals surface area contributed by atoms with Gasteiger partial charge in [0.1, 0.15) is 16.7 Å². The quantitative estimate of drug-likeness (QED) is 0.112. The molecule has 3 rings (SSSR count). The van der Waals surface area contributed by atoms with Crippen LogP contribution in [0, 0.1) is 23.7 Å². The van der Waals surface area contributed by atoms with Crippen LogP contribution in [0.3, 0.4) is 0 Å². The molecule has 0 radical (unpaired) electrons. The summed E-state index contributed by atoms with van der Waals surface area (Å²) in [7, 11) is 6.70. The second-order valence-electron chi connectivity index (χ2n) is 19.0. The Balaban J connectivity index is 1.76. The van der Waals surface area contributed by atoms with Gasteiger partial charge in [-0.15, -0.1) is 11.3 Å². The normalized spacial score (nSPS) is 18.1. The fourth-order valence-electron chi connectivity index (χ4n) is 8.84. The lowest BCUT2D eigenvalue weighted by molar-refractivity contribution is -0.148. The van der Waals surface area contributed by atoms with Crippen LogP contribution in [0.4, 0.5) is 4.79 Å². The van der Waals surface area contributed by atoms with Crippen LogP contribution in [0.15, 0.2) is 41.9 Å². The van der Waals surface area contributed by atoms with Gasteiger partial charge >= 0.3 is 6.09 Å². The topological polar surface area (TPSA) is 172 Å². The molecular weight excluding hydrogens is 835 g/mol. The number of carbonyl (C=O) groups is 5. The molecule has 1 fully saturated rings. The molecular formula is C48H79N7O8S. The number of rotatable bonds is 24. The van der Waals surface area contributed by atoms with Crippen LogP contribution in [-0.2, 0) is 39.8 Å². The summed E-state index contributed by atoms with van der Waals surface area (Å²) in [6.07, 6.45) is 2.72. The number of nitrogens with zero attached hydrogens (tertiary/aromatic N) is 4. The fourth-order valence-corrected chi connectivity index (χ4v) is 9.53. The molecule has 15 nitrogen and oxygen atoms in total. The number of nitrogens with one attached hydrogen (secondary N) is 3. The van der Waals surface area contributed by atoms with Crippen LogP contribution in [-0.4, -0.2) is 139 Å². The highest BCUT2D eigenvalue weighted by Crippen LogP contribution is 2.31. The molecule has 16 heteroatoms. The molecule has 1 aromatic heterocycles. The molecule has 9 atom stereocenters. The van der Waals surface area contributed by atoms with E-state index in [0.29, 0.717) is 32.4 Å². The van der Waals surface area contributed by atoms with Gasteiger partial charge in [0.05, 0.1) is 48.7 Å². The van der Waals surface area contributed by atoms with Crippen LogP contribution in [0.1, 0.15) is 112 Å². The predicted molar refractivity (Wildman–Crippen MR) is 252 cm³/mol. The first-order valence-corrected chi connectivity index (χ1v) is 23.9. The minimum Gasteiger partial charge on any atom is -0.444 e. The van der Waals surface area contributed by atoms with Crippen molar-refractivity contribution in [3.8, 4) is 0 Å². The number of aromatic nitrogens is 1. The highest BCUT2D eigenvalue weighted by atomic mass is 32.1. The van der Waals surface area contributed by atoms with Crippen LogP contribution in [0.25, 0.3) is 0 Å². The summed E-state index contributed by atoms with van der Waals surface area (Å²) >= 11 is 1.50. The minimum atomic E-state index is -0.854. The molecule has 360 valence electrons. The van der Waals surface area contributed by atoms with Gasteiger partial charge in [0.15, 0.2) is 0 Å². The van der Waals surface area contributed by atoms with Crippen LogP contribution in [0.2, 0.25) is 0 Å². The highest BCUT2D eigenvalue weighted by Gasteiger charge is 2.43. The van der Waals surface area contributed by atoms with Crippen molar-refractivity contribution < 1.29 is 38.2 Å². The molecule has 2 aromatic rings. The lowest BCUT2D eigenvalue weighted by atomic mass is 9.89. The lowest BCUT2D eigenvalue weighted by Crippen LogP contribution is -2.60. The third kappa shape index (κ3) is 15.5. The summed E-state index contributed by atoms with van der Waals surface area (Å²) in [5.41, 5.74) is 0.452. The van der Waals surface area contributed by atoms with E-state index in [1.807, 2.05) is 101 Å². The first-order chi connectivity index (χ1) is 30.1. The van der Waals surface area contributed by atoms with Crippen LogP contribution in [0.5, 0.6) is 0 Å². The zero-order valence-corrected chi connectivity index (χ0v) is 41.8. The van der Waals surface area contributed by atoms with Crippen LogP contribution >= 0.6 is 11.3 Å². The maximum Gasteiger partial charge on any atom is 0.407 e. The van der Waals surface area contributed by atoms with E-state index < -0.39 is 47.9 Å². The highest BCUT2D eigenvalue weighted by molar-refractivity contribution is 7.09. The Bertz CT molecular complexity index is 1760. The van der Waals surface area contributed by atoms with Gasteiger partial charge < -0.3 is 40.0 Å². The van der Waals surface area contributed by atoms with Gasteiger partial charge in [0.25, 0.3) is 0 Å². The molecule has 0 aliphatic carbocycles. The number of likely N-dealkylation sites (tertiary alicyclic amines) is 1. The monoisotopic (exact) mass is 914 g/mol. The molecule has 5 amide bonds. The molecule has 1 aliphatic rings. The first-order valence-electron chi connectivity index (χ1n) is 23.0. The Labute approximate surface area is 387 Å². The summed E-state index contributed by atoms with van der Waals surface area (Å²) in [4.78, 5) is 79.1. The average Bonchev–Trinajstić information content (AvgIpc) is 3.95. The summed E-state index contributed by atoms with van der Waals surface area (Å²) < 4.78 is 17.5. The molecule has 2 heterocycles. The molecule has 1 aromatic carbocycles. The second-order valence-corrected chi connectivity index (χ2v) is 20.0. The molecule has 0 bridgehead atoms. The summed E-state index contributed by atoms with van der Waals surface area (Å²) in [6, 6.07) is 7.39. The number of alkyl carbamates (subject to hydrolysis) is 1. The Kier molecular flexibility index (Phi) is 21.6. The second kappa shape index (κ2) is 25.5. The summed E-state index contributed by atoms with van der Waals surface area (Å²) in [5, 5.41) is 11.8. The number of amides is 5. The molecule has 3 N–H and O–H groups in total. The molecule has 0 spiro atoms. The Morgan fingerprint density at radius 1 is 0.938 bits per heavy atom. The number of carbonyl (C=O) groups excluding carboxylic acids is 5. The van der Waals surface area contributed by atoms with Crippen molar-refractivity contribution >= 4 is 41.1 Å². The van der Waals surface area contributed by atoms with Gasteiger partial charge in [-0.1, -0.05) is 85.2 Å². The molecule has 9 unspecified atom stereocenters. The number of methoxy groups -OCH3 is 2. The van der Waals surface area contributed by atoms with Gasteiger partial charge in [-0.05, 0) is 70.4 Å². The van der Waals surface area contributed by atoms with Crippen molar-refractivity contribution in [2.24, 2.45) is 23.7 Å². The predicted octanol–water partition coefficient (Wildman–Crippen LogP) is 6.09. The van der Waals surface area contributed by atoms with Crippen molar-refractivity contribution in [2.75, 3.05) is 47.9 Å². The first kappa shape index (κ1) is 54.2. The maximum absolute atomic E-state index is 14.6. The van der Waals surface area contributed by atoms with E-state index in [9.17, 15) is 24.0 Å². The van der Waals surface area contributed by atoms with E-state index in [0.717, 1.165) is 17.0 Å². The van der Waals surface area contributed by atoms with Gasteiger partial charge in [-0.2, -0.15) is 0 Å². The fraction of sp³-hybridized carbons (Fsp3) is 0.708. The summed E-state index contributed by atoms with van der Waals surface area (Å²) in [5.74, 6) is -1.88. The van der Waals surface area contributed by atoms with E-state index in [4.69, 9.17) is 14.2 Å². The zero-order valence-electron chi connectivity index (χ0n) is 41.0. The minimum absolute atomic E-state index is 0.0100. The third-order valence-electron chi connectivity index (χ3n) is 12.3. The van der Waals surface area contributed by atoms with E-state index >= 15 is 0 Å². The zero-order chi connectivity index (χ0) is 47.9. The van der Waals surface area contributed by atoms with Gasteiger partial charge in [-0.3, -0.25) is 24.1 Å². The van der Waals surface area contributed by atoms with Crippen molar-refractivity contribution in [1.82, 2.24) is 35.6 Å². The van der Waals surface area contributed by atoms with Crippen molar-refractivity contribution in [3.05, 3.63) is 52.5 Å². The van der Waals surface area contributed by atoms with Crippen LogP contribution < -0.4 is 16.0 Å². The number of hydrogen-bond acceptors (Lipinski definition) is 11. The number of ether oxygens (including phenoxy) is 3. The third-order valence-corrected chi connectivity index (χ3v) is 13.2.